The third-order valence-electron chi connectivity index (χ3n) is 5.93. The van der Waals surface area contributed by atoms with E-state index in [4.69, 9.17) is 0 Å². The number of benzene rings is 1. The van der Waals surface area contributed by atoms with Crippen LogP contribution in [-0.2, 0) is 6.18 Å². The molecule has 1 aromatic heterocycles. The quantitative estimate of drug-likeness (QED) is 0.648. The van der Waals surface area contributed by atoms with Gasteiger partial charge in [-0.15, -0.1) is 0 Å². The van der Waals surface area contributed by atoms with Crippen LogP contribution in [0.25, 0.3) is 10.9 Å². The van der Waals surface area contributed by atoms with E-state index in [0.29, 0.717) is 22.6 Å². The summed E-state index contributed by atoms with van der Waals surface area (Å²) >= 11 is 1.88. The normalized spacial score (nSPS) is 21.6. The molecule has 2 fully saturated rings. The second-order valence-corrected chi connectivity index (χ2v) is 9.30. The van der Waals surface area contributed by atoms with Crippen molar-refractivity contribution in [2.24, 2.45) is 5.92 Å². The third-order valence-corrected chi connectivity index (χ3v) is 7.07. The molecule has 1 saturated carbocycles. The summed E-state index contributed by atoms with van der Waals surface area (Å²) in [4.78, 5) is 10.7. The Balaban J connectivity index is 1.44. The zero-order chi connectivity index (χ0) is 20.3. The molecule has 1 N–H and O–H groups in total. The molecule has 0 spiro atoms. The molecule has 1 saturated heterocycles. The first-order valence-electron chi connectivity index (χ1n) is 10.5. The van der Waals surface area contributed by atoms with Gasteiger partial charge < -0.3 is 4.90 Å². The largest absolute Gasteiger partial charge is 0.416 e. The number of nitrogens with zero attached hydrogens (tertiary/aromatic N) is 3. The van der Waals surface area contributed by atoms with E-state index in [1.807, 2.05) is 11.9 Å². The molecule has 8 heteroatoms. The molecule has 2 aliphatic rings. The van der Waals surface area contributed by atoms with Crippen LogP contribution in [0.5, 0.6) is 0 Å². The number of fused-ring (bicyclic) bond motifs is 1. The molecule has 2 heterocycles. The van der Waals surface area contributed by atoms with Gasteiger partial charge in [-0.3, -0.25) is 4.72 Å². The van der Waals surface area contributed by atoms with E-state index in [0.717, 1.165) is 43.8 Å². The van der Waals surface area contributed by atoms with E-state index in [-0.39, 0.29) is 0 Å². The molecule has 2 aromatic rings. The van der Waals surface area contributed by atoms with Crippen molar-refractivity contribution in [3.05, 3.63) is 30.1 Å². The number of hydrogen-bond acceptors (Lipinski definition) is 5. The van der Waals surface area contributed by atoms with Crippen molar-refractivity contribution in [3.8, 4) is 0 Å². The van der Waals surface area contributed by atoms with Gasteiger partial charge in [-0.2, -0.15) is 13.2 Å². The van der Waals surface area contributed by atoms with Crippen LogP contribution in [0.2, 0.25) is 0 Å². The summed E-state index contributed by atoms with van der Waals surface area (Å²) in [5, 5.41) is 1.20. The molecular weight excluding hydrogens is 397 g/mol. The van der Waals surface area contributed by atoms with Gasteiger partial charge in [0.05, 0.1) is 11.1 Å². The Morgan fingerprint density at radius 3 is 2.69 bits per heavy atom. The molecule has 4 nitrogen and oxygen atoms in total. The second kappa shape index (κ2) is 9.08. The van der Waals surface area contributed by atoms with E-state index >= 15 is 0 Å². The highest BCUT2D eigenvalue weighted by Crippen LogP contribution is 2.34. The highest BCUT2D eigenvalue weighted by atomic mass is 32.2. The Hall–Kier alpha value is -1.54. The number of piperidine rings is 1. The van der Waals surface area contributed by atoms with Crippen LogP contribution in [0.1, 0.15) is 50.5 Å². The van der Waals surface area contributed by atoms with Gasteiger partial charge >= 0.3 is 6.18 Å². The minimum atomic E-state index is -4.37. The van der Waals surface area contributed by atoms with Crippen molar-refractivity contribution < 1.29 is 13.2 Å². The second-order valence-electron chi connectivity index (χ2n) is 8.11. The monoisotopic (exact) mass is 424 g/mol. The Bertz CT molecular complexity index is 823. The Morgan fingerprint density at radius 2 is 1.90 bits per heavy atom. The standard InChI is InChI=1S/C21H27F3N4S/c22-21(23,24)16-8-9-19-18(11-16)20(26-14-25-19)28-10-4-5-15(13-28)12-27-29-17-6-2-1-3-7-17/h8-9,11,14-15,17,27H,1-7,10,12-13H2. The van der Waals surface area contributed by atoms with Crippen molar-refractivity contribution in [3.63, 3.8) is 0 Å². The van der Waals surface area contributed by atoms with Crippen molar-refractivity contribution >= 4 is 28.7 Å². The molecule has 1 aromatic carbocycles. The highest BCUT2D eigenvalue weighted by molar-refractivity contribution is 7.98. The fourth-order valence-corrected chi connectivity index (χ4v) is 5.50. The average Bonchev–Trinajstić information content (AvgIpc) is 2.73. The maximum Gasteiger partial charge on any atom is 0.416 e. The highest BCUT2D eigenvalue weighted by Gasteiger charge is 2.31. The number of aromatic nitrogens is 2. The Labute approximate surface area is 173 Å². The molecule has 158 valence electrons. The van der Waals surface area contributed by atoms with E-state index in [1.54, 1.807) is 0 Å². The first-order valence-corrected chi connectivity index (χ1v) is 11.3. The fourth-order valence-electron chi connectivity index (χ4n) is 4.36. The molecule has 4 rings (SSSR count). The maximum absolute atomic E-state index is 13.2. The minimum Gasteiger partial charge on any atom is -0.356 e. The Morgan fingerprint density at radius 1 is 1.07 bits per heavy atom. The van der Waals surface area contributed by atoms with Crippen LogP contribution < -0.4 is 9.62 Å². The van der Waals surface area contributed by atoms with Gasteiger partial charge in [-0.1, -0.05) is 31.2 Å². The van der Waals surface area contributed by atoms with Gasteiger partial charge in [-0.25, -0.2) is 9.97 Å². The van der Waals surface area contributed by atoms with Crippen molar-refractivity contribution in [2.45, 2.75) is 56.4 Å². The van der Waals surface area contributed by atoms with Gasteiger partial charge in [0.2, 0.25) is 0 Å². The summed E-state index contributed by atoms with van der Waals surface area (Å²) < 4.78 is 43.1. The zero-order valence-corrected chi connectivity index (χ0v) is 17.2. The number of halogens is 3. The average molecular weight is 425 g/mol. The van der Waals surface area contributed by atoms with E-state index in [1.165, 1.54) is 50.6 Å². The van der Waals surface area contributed by atoms with E-state index in [2.05, 4.69) is 19.6 Å². The smallest absolute Gasteiger partial charge is 0.356 e. The summed E-state index contributed by atoms with van der Waals surface area (Å²) in [6, 6.07) is 3.71. The number of anilines is 1. The summed E-state index contributed by atoms with van der Waals surface area (Å²) in [6.45, 7) is 2.55. The van der Waals surface area contributed by atoms with Gasteiger partial charge in [-0.05, 0) is 49.8 Å². The predicted octanol–water partition coefficient (Wildman–Crippen LogP) is 5.44. The molecule has 1 aliphatic carbocycles. The minimum absolute atomic E-state index is 0.468. The molecule has 0 radical (unpaired) electrons. The molecular formula is C21H27F3N4S. The van der Waals surface area contributed by atoms with Crippen LogP contribution in [-0.4, -0.2) is 34.9 Å². The van der Waals surface area contributed by atoms with Gasteiger partial charge in [0.15, 0.2) is 0 Å². The molecule has 29 heavy (non-hydrogen) atoms. The zero-order valence-electron chi connectivity index (χ0n) is 16.4. The van der Waals surface area contributed by atoms with Crippen LogP contribution in [0.15, 0.2) is 24.5 Å². The number of hydrogen-bond donors (Lipinski definition) is 1. The Kier molecular flexibility index (Phi) is 6.49. The topological polar surface area (TPSA) is 41.1 Å². The third kappa shape index (κ3) is 5.15. The van der Waals surface area contributed by atoms with Crippen LogP contribution in [0.4, 0.5) is 19.0 Å². The summed E-state index contributed by atoms with van der Waals surface area (Å²) in [7, 11) is 0. The van der Waals surface area contributed by atoms with Crippen LogP contribution >= 0.6 is 11.9 Å². The van der Waals surface area contributed by atoms with Crippen LogP contribution in [0.3, 0.4) is 0 Å². The molecule has 1 atom stereocenters. The molecule has 0 bridgehead atoms. The predicted molar refractivity (Wildman–Crippen MR) is 112 cm³/mol. The van der Waals surface area contributed by atoms with Crippen LogP contribution in [0, 0.1) is 5.92 Å². The first kappa shape index (κ1) is 20.7. The van der Waals surface area contributed by atoms with Gasteiger partial charge in [0, 0.05) is 30.3 Å². The van der Waals surface area contributed by atoms with Gasteiger partial charge in [0.1, 0.15) is 12.1 Å². The fraction of sp³-hybridized carbons (Fsp3) is 0.619. The van der Waals surface area contributed by atoms with Gasteiger partial charge in [0.25, 0.3) is 0 Å². The number of alkyl halides is 3. The van der Waals surface area contributed by atoms with Crippen molar-refractivity contribution in [2.75, 3.05) is 24.5 Å². The molecule has 1 unspecified atom stereocenters. The lowest BCUT2D eigenvalue weighted by atomic mass is 9.98. The lowest BCUT2D eigenvalue weighted by Gasteiger charge is -2.34. The summed E-state index contributed by atoms with van der Waals surface area (Å²) in [5.41, 5.74) is -0.101. The summed E-state index contributed by atoms with van der Waals surface area (Å²) in [6.07, 6.45) is 5.84. The maximum atomic E-state index is 13.2. The SMILES string of the molecule is FC(F)(F)c1ccc2ncnc(N3CCCC(CNSC4CCCCC4)C3)c2c1. The summed E-state index contributed by atoms with van der Waals surface area (Å²) in [5.74, 6) is 1.08. The lowest BCUT2D eigenvalue weighted by Crippen LogP contribution is -2.39. The van der Waals surface area contributed by atoms with E-state index in [9.17, 15) is 13.2 Å². The van der Waals surface area contributed by atoms with E-state index < -0.39 is 11.7 Å². The van der Waals surface area contributed by atoms with Crippen molar-refractivity contribution in [1.82, 2.24) is 14.7 Å². The van der Waals surface area contributed by atoms with Crippen molar-refractivity contribution in [1.29, 1.82) is 0 Å². The lowest BCUT2D eigenvalue weighted by molar-refractivity contribution is -0.137. The molecule has 1 aliphatic heterocycles. The molecule has 0 amide bonds. The first-order chi connectivity index (χ1) is 14.0. The number of nitrogens with one attached hydrogen (secondary N) is 1. The number of rotatable bonds is 5.